The van der Waals surface area contributed by atoms with Crippen molar-refractivity contribution < 1.29 is 0 Å². The van der Waals surface area contributed by atoms with Crippen LogP contribution in [0.2, 0.25) is 0 Å². The van der Waals surface area contributed by atoms with Gasteiger partial charge in [0, 0.05) is 12.7 Å². The third kappa shape index (κ3) is 5.20. The Morgan fingerprint density at radius 1 is 1.33 bits per heavy atom. The molecule has 2 N–H and O–H groups in total. The highest BCUT2D eigenvalue weighted by Crippen LogP contribution is 2.03. The van der Waals surface area contributed by atoms with Gasteiger partial charge in [-0.15, -0.1) is 0 Å². The molecular weight excluding hydrogens is 190 g/mol. The molecular formula is C11H19N3O. The van der Waals surface area contributed by atoms with Crippen molar-refractivity contribution in [1.29, 1.82) is 0 Å². The second-order valence-electron chi connectivity index (χ2n) is 3.63. The summed E-state index contributed by atoms with van der Waals surface area (Å²) in [5.74, 6) is 0.755. The van der Waals surface area contributed by atoms with Crippen LogP contribution in [0.15, 0.2) is 17.1 Å². The lowest BCUT2D eigenvalue weighted by atomic mass is 10.1. The highest BCUT2D eigenvalue weighted by molar-refractivity contribution is 5.31. The molecule has 0 bridgehead atoms. The van der Waals surface area contributed by atoms with E-state index < -0.39 is 0 Å². The lowest BCUT2D eigenvalue weighted by molar-refractivity contribution is 0.644. The van der Waals surface area contributed by atoms with Crippen molar-refractivity contribution in [3.8, 4) is 0 Å². The molecule has 1 aromatic heterocycles. The molecule has 4 heteroatoms. The minimum atomic E-state index is -0.300. The molecule has 0 aliphatic heterocycles. The molecule has 1 rings (SSSR count). The largest absolute Gasteiger partial charge is 0.371 e. The first kappa shape index (κ1) is 11.8. The lowest BCUT2D eigenvalue weighted by Gasteiger charge is -2.04. The zero-order chi connectivity index (χ0) is 10.9. The average Bonchev–Trinajstić information content (AvgIpc) is 2.23. The number of aromatic amines is 1. The van der Waals surface area contributed by atoms with Crippen molar-refractivity contribution >= 4 is 5.82 Å². The third-order valence-electron chi connectivity index (χ3n) is 2.27. The van der Waals surface area contributed by atoms with E-state index in [9.17, 15) is 4.79 Å². The van der Waals surface area contributed by atoms with Crippen molar-refractivity contribution in [2.24, 2.45) is 0 Å². The second-order valence-corrected chi connectivity index (χ2v) is 3.63. The molecule has 15 heavy (non-hydrogen) atoms. The van der Waals surface area contributed by atoms with Gasteiger partial charge in [-0.2, -0.15) is 0 Å². The van der Waals surface area contributed by atoms with Crippen molar-refractivity contribution in [1.82, 2.24) is 9.97 Å². The summed E-state index contributed by atoms with van der Waals surface area (Å²) in [5.41, 5.74) is -0.300. The normalized spacial score (nSPS) is 10.2. The fraction of sp³-hybridized carbons (Fsp3) is 0.636. The molecule has 1 heterocycles. The Kier molecular flexibility index (Phi) is 5.51. The highest BCUT2D eigenvalue weighted by atomic mass is 16.1. The minimum absolute atomic E-state index is 0.300. The Bertz CT molecular complexity index is 322. The van der Waals surface area contributed by atoms with Gasteiger partial charge in [-0.25, -0.2) is 9.78 Å². The molecule has 0 aliphatic rings. The average molecular weight is 209 g/mol. The molecule has 0 saturated carbocycles. The van der Waals surface area contributed by atoms with Crippen molar-refractivity contribution in [2.75, 3.05) is 11.9 Å². The van der Waals surface area contributed by atoms with Gasteiger partial charge < -0.3 is 5.32 Å². The first-order valence-corrected chi connectivity index (χ1v) is 5.62. The van der Waals surface area contributed by atoms with Crippen LogP contribution < -0.4 is 11.0 Å². The first-order chi connectivity index (χ1) is 7.33. The number of hydrogen-bond acceptors (Lipinski definition) is 3. The number of anilines is 1. The van der Waals surface area contributed by atoms with Crippen molar-refractivity contribution in [2.45, 2.75) is 39.0 Å². The summed E-state index contributed by atoms with van der Waals surface area (Å²) in [6, 6.07) is 1.77. The summed E-state index contributed by atoms with van der Waals surface area (Å²) in [7, 11) is 0. The quantitative estimate of drug-likeness (QED) is 0.676. The summed E-state index contributed by atoms with van der Waals surface area (Å²) in [6.07, 6.45) is 7.78. The maximum atomic E-state index is 10.9. The van der Waals surface area contributed by atoms with Crippen LogP contribution in [0.5, 0.6) is 0 Å². The lowest BCUT2D eigenvalue weighted by Crippen LogP contribution is -2.13. The van der Waals surface area contributed by atoms with Gasteiger partial charge >= 0.3 is 5.69 Å². The number of H-pyrrole nitrogens is 1. The third-order valence-corrected chi connectivity index (χ3v) is 2.27. The predicted molar refractivity (Wildman–Crippen MR) is 62.1 cm³/mol. The summed E-state index contributed by atoms with van der Waals surface area (Å²) in [4.78, 5) is 17.0. The van der Waals surface area contributed by atoms with E-state index in [0.717, 1.165) is 18.8 Å². The Morgan fingerprint density at radius 2 is 2.13 bits per heavy atom. The molecule has 0 fully saturated rings. The highest BCUT2D eigenvalue weighted by Gasteiger charge is 1.92. The molecule has 0 amide bonds. The fourth-order valence-electron chi connectivity index (χ4n) is 1.42. The second kappa shape index (κ2) is 7.04. The van der Waals surface area contributed by atoms with Gasteiger partial charge in [0.05, 0.1) is 0 Å². The maximum absolute atomic E-state index is 10.9. The van der Waals surface area contributed by atoms with E-state index in [-0.39, 0.29) is 5.69 Å². The van der Waals surface area contributed by atoms with Crippen LogP contribution in [-0.2, 0) is 0 Å². The van der Waals surface area contributed by atoms with E-state index >= 15 is 0 Å². The Balaban J connectivity index is 2.12. The van der Waals surface area contributed by atoms with E-state index in [1.165, 1.54) is 31.9 Å². The Morgan fingerprint density at radius 3 is 2.87 bits per heavy atom. The number of unbranched alkanes of at least 4 members (excludes halogenated alkanes) is 4. The molecule has 0 saturated heterocycles. The predicted octanol–water partition coefficient (Wildman–Crippen LogP) is 2.15. The van der Waals surface area contributed by atoms with Crippen LogP contribution in [-0.4, -0.2) is 16.5 Å². The van der Waals surface area contributed by atoms with Crippen LogP contribution in [0.25, 0.3) is 0 Å². The monoisotopic (exact) mass is 209 g/mol. The van der Waals surface area contributed by atoms with Gasteiger partial charge in [0.25, 0.3) is 0 Å². The number of aromatic nitrogens is 2. The number of rotatable bonds is 7. The van der Waals surface area contributed by atoms with Crippen LogP contribution in [0.3, 0.4) is 0 Å². The molecule has 0 atom stereocenters. The summed E-state index contributed by atoms with van der Waals surface area (Å²) >= 11 is 0. The molecule has 0 radical (unpaired) electrons. The van der Waals surface area contributed by atoms with Crippen molar-refractivity contribution in [3.63, 3.8) is 0 Å². The topological polar surface area (TPSA) is 57.8 Å². The van der Waals surface area contributed by atoms with Gasteiger partial charge in [0.15, 0.2) is 0 Å². The molecule has 0 aromatic carbocycles. The minimum Gasteiger partial charge on any atom is -0.371 e. The summed E-state index contributed by atoms with van der Waals surface area (Å²) in [6.45, 7) is 3.11. The SMILES string of the molecule is CCCCCCCNc1ccnc(=O)[nH]1. The standard InChI is InChI=1S/C11H19N3O/c1-2-3-4-5-6-8-12-10-7-9-13-11(15)14-10/h7,9H,2-6,8H2,1H3,(H2,12,13,14,15). The van der Waals surface area contributed by atoms with Gasteiger partial charge in [0.1, 0.15) is 5.82 Å². The molecule has 84 valence electrons. The summed E-state index contributed by atoms with van der Waals surface area (Å²) < 4.78 is 0. The molecule has 1 aromatic rings. The van der Waals surface area contributed by atoms with E-state index in [0.29, 0.717) is 0 Å². The molecule has 4 nitrogen and oxygen atoms in total. The van der Waals surface area contributed by atoms with E-state index in [4.69, 9.17) is 0 Å². The van der Waals surface area contributed by atoms with Gasteiger partial charge in [0.2, 0.25) is 0 Å². The van der Waals surface area contributed by atoms with E-state index in [2.05, 4.69) is 22.2 Å². The van der Waals surface area contributed by atoms with E-state index in [1.54, 1.807) is 6.07 Å². The van der Waals surface area contributed by atoms with Crippen LogP contribution >= 0.6 is 0 Å². The van der Waals surface area contributed by atoms with Gasteiger partial charge in [-0.05, 0) is 12.5 Å². The van der Waals surface area contributed by atoms with Crippen molar-refractivity contribution in [3.05, 3.63) is 22.7 Å². The fourth-order valence-corrected chi connectivity index (χ4v) is 1.42. The van der Waals surface area contributed by atoms with E-state index in [1.807, 2.05) is 0 Å². The maximum Gasteiger partial charge on any atom is 0.346 e. The number of nitrogens with one attached hydrogen (secondary N) is 2. The number of hydrogen-bond donors (Lipinski definition) is 2. The van der Waals surface area contributed by atoms with Crippen LogP contribution in [0.4, 0.5) is 5.82 Å². The van der Waals surface area contributed by atoms with Gasteiger partial charge in [-0.1, -0.05) is 32.6 Å². The summed E-state index contributed by atoms with van der Waals surface area (Å²) in [5, 5.41) is 3.17. The number of nitrogens with zero attached hydrogens (tertiary/aromatic N) is 1. The Labute approximate surface area is 90.1 Å². The van der Waals surface area contributed by atoms with Gasteiger partial charge in [-0.3, -0.25) is 4.98 Å². The molecule has 0 unspecified atom stereocenters. The Hall–Kier alpha value is -1.32. The zero-order valence-electron chi connectivity index (χ0n) is 9.25. The molecule has 0 spiro atoms. The first-order valence-electron chi connectivity index (χ1n) is 5.62. The van der Waals surface area contributed by atoms with Crippen LogP contribution in [0, 0.1) is 0 Å². The zero-order valence-corrected chi connectivity index (χ0v) is 9.25. The van der Waals surface area contributed by atoms with Crippen LogP contribution in [0.1, 0.15) is 39.0 Å². The molecule has 0 aliphatic carbocycles. The smallest absolute Gasteiger partial charge is 0.346 e.